The second kappa shape index (κ2) is 9.88. The summed E-state index contributed by atoms with van der Waals surface area (Å²) in [6.45, 7) is -1.24. The molecular weight excluding hydrogens is 472 g/mol. The van der Waals surface area contributed by atoms with Crippen LogP contribution in [-0.4, -0.2) is 24.4 Å². The number of benzene rings is 3. The Morgan fingerprint density at radius 1 is 0.647 bits per heavy atom. The van der Waals surface area contributed by atoms with Crippen molar-refractivity contribution in [3.8, 4) is 11.1 Å². The van der Waals surface area contributed by atoms with Crippen LogP contribution in [0.1, 0.15) is 5.56 Å². The highest BCUT2D eigenvalue weighted by Gasteiger charge is 2.76. The van der Waals surface area contributed by atoms with Gasteiger partial charge in [-0.3, -0.25) is 0 Å². The first-order chi connectivity index (χ1) is 15.9. The summed E-state index contributed by atoms with van der Waals surface area (Å²) < 4.78 is 107. The van der Waals surface area contributed by atoms with Gasteiger partial charge in [0.2, 0.25) is 0 Å². The molecule has 0 aliphatic heterocycles. The number of rotatable bonds is 9. The molecule has 3 aromatic rings. The number of halogens is 8. The molecule has 34 heavy (non-hydrogen) atoms. The molecule has 180 valence electrons. The highest BCUT2D eigenvalue weighted by Crippen LogP contribution is 2.49. The van der Waals surface area contributed by atoms with Gasteiger partial charge in [-0.2, -0.15) is 36.6 Å². The van der Waals surface area contributed by atoms with Crippen molar-refractivity contribution in [2.45, 2.75) is 31.0 Å². The first-order valence-electron chi connectivity index (χ1n) is 9.66. The van der Waals surface area contributed by atoms with E-state index in [1.165, 1.54) is 12.1 Å². The van der Waals surface area contributed by atoms with Crippen LogP contribution < -0.4 is 0 Å². The Labute approximate surface area is 188 Å². The third-order valence-electron chi connectivity index (χ3n) is 4.67. The quantitative estimate of drug-likeness (QED) is 0.220. The Balaban J connectivity index is 1.61. The molecule has 0 fully saturated rings. The normalized spacial score (nSPS) is 13.1. The Bertz CT molecular complexity index is 1100. The van der Waals surface area contributed by atoms with Gasteiger partial charge < -0.3 is 4.74 Å². The molecule has 0 amide bonds. The largest absolute Gasteiger partial charge is 0.426 e. The van der Waals surface area contributed by atoms with Crippen LogP contribution in [0.25, 0.3) is 11.1 Å². The zero-order chi connectivity index (χ0) is 25.0. The highest BCUT2D eigenvalue weighted by molar-refractivity contribution is 5.65. The monoisotopic (exact) mass is 488 g/mol. The molecule has 3 nitrogen and oxygen atoms in total. The number of azo groups is 1. The van der Waals surface area contributed by atoms with E-state index in [-0.39, 0.29) is 11.3 Å². The summed E-state index contributed by atoms with van der Waals surface area (Å²) in [4.78, 5) is 0. The van der Waals surface area contributed by atoms with Crippen LogP contribution in [0.2, 0.25) is 0 Å². The molecule has 3 aromatic carbocycles. The first kappa shape index (κ1) is 25.3. The summed E-state index contributed by atoms with van der Waals surface area (Å²) in [5.74, 6) is -12.7. The fourth-order valence-electron chi connectivity index (χ4n) is 2.72. The minimum atomic E-state index is -6.42. The number of alkyl halides is 8. The summed E-state index contributed by atoms with van der Waals surface area (Å²) in [5, 5.41) is 7.98. The van der Waals surface area contributed by atoms with Crippen molar-refractivity contribution in [3.05, 3.63) is 84.4 Å². The minimum Gasteiger partial charge on any atom is -0.311 e. The molecule has 0 spiro atoms. The second-order valence-electron chi connectivity index (χ2n) is 7.08. The zero-order valence-corrected chi connectivity index (χ0v) is 17.1. The molecule has 0 N–H and O–H groups in total. The van der Waals surface area contributed by atoms with Crippen LogP contribution in [0.3, 0.4) is 0 Å². The van der Waals surface area contributed by atoms with Gasteiger partial charge in [-0.15, -0.1) is 0 Å². The predicted octanol–water partition coefficient (Wildman–Crippen LogP) is 8.41. The van der Waals surface area contributed by atoms with E-state index in [1.807, 2.05) is 42.5 Å². The molecule has 0 atom stereocenters. The molecule has 0 saturated carbocycles. The molecule has 0 saturated heterocycles. The van der Waals surface area contributed by atoms with Gasteiger partial charge in [-0.05, 0) is 41.0 Å². The Hall–Kier alpha value is -3.34. The lowest BCUT2D eigenvalue weighted by atomic mass is 10.1. The topological polar surface area (TPSA) is 34.0 Å². The lowest BCUT2D eigenvalue weighted by molar-refractivity contribution is -0.415. The van der Waals surface area contributed by atoms with E-state index >= 15 is 0 Å². The Morgan fingerprint density at radius 3 is 1.62 bits per heavy atom. The van der Waals surface area contributed by atoms with Crippen LogP contribution in [0.5, 0.6) is 0 Å². The van der Waals surface area contributed by atoms with Gasteiger partial charge in [0.15, 0.2) is 0 Å². The molecule has 0 bridgehead atoms. The van der Waals surface area contributed by atoms with Gasteiger partial charge >= 0.3 is 24.4 Å². The Morgan fingerprint density at radius 2 is 1.12 bits per heavy atom. The van der Waals surface area contributed by atoms with E-state index in [0.29, 0.717) is 5.69 Å². The molecular formula is C23H16F8N2O. The Kier molecular flexibility index (Phi) is 7.35. The summed E-state index contributed by atoms with van der Waals surface area (Å²) in [5.41, 5.74) is 2.68. The average Bonchev–Trinajstić information content (AvgIpc) is 2.82. The van der Waals surface area contributed by atoms with E-state index in [2.05, 4.69) is 15.0 Å². The average molecular weight is 488 g/mol. The molecule has 0 aliphatic rings. The smallest absolute Gasteiger partial charge is 0.311 e. The third-order valence-corrected chi connectivity index (χ3v) is 4.67. The molecule has 0 radical (unpaired) electrons. The van der Waals surface area contributed by atoms with Crippen molar-refractivity contribution in [2.24, 2.45) is 10.2 Å². The maximum atomic E-state index is 13.4. The van der Waals surface area contributed by atoms with Gasteiger partial charge in [0, 0.05) is 0 Å². The lowest BCUT2D eigenvalue weighted by Crippen LogP contribution is -2.58. The number of ether oxygens (including phenoxy) is 1. The number of hydrogen-bond donors (Lipinski definition) is 0. The molecule has 11 heteroatoms. The van der Waals surface area contributed by atoms with Crippen molar-refractivity contribution in [2.75, 3.05) is 0 Å². The minimum absolute atomic E-state index is 0.109. The van der Waals surface area contributed by atoms with E-state index in [1.54, 1.807) is 12.1 Å². The lowest BCUT2D eigenvalue weighted by Gasteiger charge is -2.31. The van der Waals surface area contributed by atoms with Gasteiger partial charge in [-0.25, -0.2) is 8.78 Å². The fraction of sp³-hybridized carbons (Fsp3) is 0.217. The second-order valence-corrected chi connectivity index (χ2v) is 7.08. The van der Waals surface area contributed by atoms with E-state index in [0.717, 1.165) is 23.3 Å². The summed E-state index contributed by atoms with van der Waals surface area (Å²) in [7, 11) is 0. The molecule has 0 heterocycles. The van der Waals surface area contributed by atoms with Gasteiger partial charge in [0.25, 0.3) is 0 Å². The highest BCUT2D eigenvalue weighted by atomic mass is 19.4. The van der Waals surface area contributed by atoms with Gasteiger partial charge in [0.1, 0.15) is 0 Å². The third kappa shape index (κ3) is 5.41. The van der Waals surface area contributed by atoms with Crippen LogP contribution in [-0.2, 0) is 11.3 Å². The standard InChI is InChI=1S/C23H16F8N2O/c24-20(25)21(26,27)22(28,29)23(30,31)34-14-15-6-10-18(11-7-15)32-33-19-12-8-17(9-13-19)16-4-2-1-3-5-16/h1-13,20H,14H2/b33-32+. The maximum Gasteiger partial charge on any atom is 0.426 e. The molecule has 3 rings (SSSR count). The summed E-state index contributed by atoms with van der Waals surface area (Å²) >= 11 is 0. The van der Waals surface area contributed by atoms with Crippen LogP contribution in [0.15, 0.2) is 89.1 Å². The van der Waals surface area contributed by atoms with Crippen LogP contribution in [0, 0.1) is 0 Å². The van der Waals surface area contributed by atoms with Crippen molar-refractivity contribution < 1.29 is 39.9 Å². The predicted molar refractivity (Wildman–Crippen MR) is 108 cm³/mol. The zero-order valence-electron chi connectivity index (χ0n) is 17.1. The van der Waals surface area contributed by atoms with Gasteiger partial charge in [-0.1, -0.05) is 54.6 Å². The van der Waals surface area contributed by atoms with Crippen LogP contribution >= 0.6 is 0 Å². The van der Waals surface area contributed by atoms with E-state index in [9.17, 15) is 35.1 Å². The van der Waals surface area contributed by atoms with Crippen LogP contribution in [0.4, 0.5) is 46.5 Å². The van der Waals surface area contributed by atoms with Crippen molar-refractivity contribution in [1.29, 1.82) is 0 Å². The van der Waals surface area contributed by atoms with E-state index < -0.39 is 31.0 Å². The summed E-state index contributed by atoms with van der Waals surface area (Å²) in [6.07, 6.45) is -10.8. The van der Waals surface area contributed by atoms with Crippen molar-refractivity contribution in [1.82, 2.24) is 0 Å². The van der Waals surface area contributed by atoms with Crippen molar-refractivity contribution >= 4 is 11.4 Å². The number of nitrogens with zero attached hydrogens (tertiary/aromatic N) is 2. The molecule has 0 aliphatic carbocycles. The SMILES string of the molecule is FC(F)C(F)(F)C(F)(F)C(F)(F)OCc1ccc(/N=N/c2ccc(-c3ccccc3)cc2)cc1. The maximum absolute atomic E-state index is 13.4. The van der Waals surface area contributed by atoms with Gasteiger partial charge in [0.05, 0.1) is 18.0 Å². The van der Waals surface area contributed by atoms with Crippen molar-refractivity contribution in [3.63, 3.8) is 0 Å². The molecule has 0 aromatic heterocycles. The molecule has 0 unspecified atom stereocenters. The first-order valence-corrected chi connectivity index (χ1v) is 9.66. The summed E-state index contributed by atoms with van der Waals surface area (Å²) in [6, 6.07) is 21.7. The van der Waals surface area contributed by atoms with E-state index in [4.69, 9.17) is 0 Å². The fourth-order valence-corrected chi connectivity index (χ4v) is 2.72. The number of hydrogen-bond acceptors (Lipinski definition) is 3.